The Morgan fingerprint density at radius 2 is 1.73 bits per heavy atom. The van der Waals surface area contributed by atoms with Crippen LogP contribution in [0.15, 0.2) is 65.6 Å². The smallest absolute Gasteiger partial charge is 0.295 e. The summed E-state index contributed by atoms with van der Waals surface area (Å²) in [4.78, 5) is 27.5. The summed E-state index contributed by atoms with van der Waals surface area (Å²) in [7, 11) is 0. The lowest BCUT2D eigenvalue weighted by Crippen LogP contribution is -2.29. The number of likely N-dealkylation sites (tertiary alicyclic amines) is 1. The Bertz CT molecular complexity index is 1170. The van der Waals surface area contributed by atoms with E-state index in [0.717, 1.165) is 28.0 Å². The normalized spacial score (nSPS) is 18.2. The molecule has 1 aromatic heterocycles. The number of Topliss-reactive ketones (excluding diaryl/α,β-unsaturated/α-hetero) is 1. The number of thiophene rings is 1. The van der Waals surface area contributed by atoms with Crippen molar-refractivity contribution in [3.8, 4) is 0 Å². The molecular weight excluding hydrogens is 415 g/mol. The standard InChI is InChI=1S/C22H14F3NO3S/c23-15-6-2-1-5-14(15)19-18(20(27)12-7-8-16(24)17(25)10-12)21(28)22(29)26(19)11-13-4-3-9-30-13/h1-10,19,27H,11H2/b20-18+. The summed E-state index contributed by atoms with van der Waals surface area (Å²) in [5, 5.41) is 12.6. The Kier molecular flexibility index (Phi) is 5.17. The third kappa shape index (κ3) is 3.39. The van der Waals surface area contributed by atoms with E-state index < -0.39 is 40.9 Å². The van der Waals surface area contributed by atoms with E-state index in [-0.39, 0.29) is 23.2 Å². The third-order valence-corrected chi connectivity index (χ3v) is 5.70. The molecule has 30 heavy (non-hydrogen) atoms. The SMILES string of the molecule is O=C1C(=O)N(Cc2cccs2)C(c2ccccc2F)/C1=C(\O)c1ccc(F)c(F)c1. The average molecular weight is 429 g/mol. The van der Waals surface area contributed by atoms with Crippen LogP contribution in [0, 0.1) is 17.5 Å². The first-order valence-corrected chi connectivity index (χ1v) is 9.77. The Hall–Kier alpha value is -3.39. The summed E-state index contributed by atoms with van der Waals surface area (Å²) >= 11 is 1.36. The van der Waals surface area contributed by atoms with Crippen LogP contribution >= 0.6 is 11.3 Å². The largest absolute Gasteiger partial charge is 0.507 e. The lowest BCUT2D eigenvalue weighted by Gasteiger charge is -2.25. The number of rotatable bonds is 4. The molecule has 4 rings (SSSR count). The van der Waals surface area contributed by atoms with E-state index in [9.17, 15) is 27.9 Å². The Morgan fingerprint density at radius 1 is 0.967 bits per heavy atom. The highest BCUT2D eigenvalue weighted by molar-refractivity contribution is 7.09. The van der Waals surface area contributed by atoms with Gasteiger partial charge in [0.2, 0.25) is 0 Å². The summed E-state index contributed by atoms with van der Waals surface area (Å²) in [6, 6.07) is 10.5. The molecule has 0 aliphatic carbocycles. The van der Waals surface area contributed by atoms with Crippen molar-refractivity contribution in [1.29, 1.82) is 0 Å². The predicted octanol–water partition coefficient (Wildman–Crippen LogP) is 4.79. The van der Waals surface area contributed by atoms with Crippen LogP contribution in [0.4, 0.5) is 13.2 Å². The highest BCUT2D eigenvalue weighted by Crippen LogP contribution is 2.41. The first kappa shape index (κ1) is 19.9. The van der Waals surface area contributed by atoms with Crippen molar-refractivity contribution in [1.82, 2.24) is 4.90 Å². The van der Waals surface area contributed by atoms with Crippen molar-refractivity contribution in [3.63, 3.8) is 0 Å². The number of aliphatic hydroxyl groups excluding tert-OH is 1. The fourth-order valence-corrected chi connectivity index (χ4v) is 4.14. The van der Waals surface area contributed by atoms with Crippen molar-refractivity contribution in [2.75, 3.05) is 0 Å². The molecule has 0 bridgehead atoms. The summed E-state index contributed by atoms with van der Waals surface area (Å²) in [5.74, 6) is -5.67. The molecule has 1 amide bonds. The van der Waals surface area contributed by atoms with Crippen molar-refractivity contribution >= 4 is 28.8 Å². The number of ketones is 1. The van der Waals surface area contributed by atoms with Crippen LogP contribution < -0.4 is 0 Å². The van der Waals surface area contributed by atoms with Gasteiger partial charge in [0.1, 0.15) is 11.6 Å². The Labute approximate surface area is 173 Å². The highest BCUT2D eigenvalue weighted by Gasteiger charge is 2.47. The maximum Gasteiger partial charge on any atom is 0.295 e. The molecule has 1 aliphatic rings. The van der Waals surface area contributed by atoms with E-state index in [4.69, 9.17) is 0 Å². The van der Waals surface area contributed by atoms with Gasteiger partial charge in [-0.25, -0.2) is 13.2 Å². The minimum absolute atomic E-state index is 0.0115. The van der Waals surface area contributed by atoms with Crippen molar-refractivity contribution in [2.45, 2.75) is 12.6 Å². The fraction of sp³-hybridized carbons (Fsp3) is 0.0909. The molecule has 152 valence electrons. The number of carbonyl (C=O) groups excluding carboxylic acids is 2. The molecule has 0 spiro atoms. The number of hydrogen-bond acceptors (Lipinski definition) is 4. The van der Waals surface area contributed by atoms with Crippen LogP contribution in [-0.2, 0) is 16.1 Å². The second kappa shape index (κ2) is 7.79. The van der Waals surface area contributed by atoms with E-state index in [1.54, 1.807) is 23.6 Å². The highest BCUT2D eigenvalue weighted by atomic mass is 32.1. The second-order valence-corrected chi connectivity index (χ2v) is 7.69. The second-order valence-electron chi connectivity index (χ2n) is 6.66. The van der Waals surface area contributed by atoms with Gasteiger partial charge in [-0.05, 0) is 35.7 Å². The molecular formula is C22H14F3NO3S. The van der Waals surface area contributed by atoms with Gasteiger partial charge in [-0.1, -0.05) is 24.3 Å². The third-order valence-electron chi connectivity index (χ3n) is 4.84. The van der Waals surface area contributed by atoms with Gasteiger partial charge in [-0.15, -0.1) is 11.3 Å². The monoisotopic (exact) mass is 429 g/mol. The van der Waals surface area contributed by atoms with E-state index in [1.807, 2.05) is 0 Å². The molecule has 1 saturated heterocycles. The fourth-order valence-electron chi connectivity index (χ4n) is 3.43. The van der Waals surface area contributed by atoms with Crippen LogP contribution in [0.2, 0.25) is 0 Å². The van der Waals surface area contributed by atoms with Gasteiger partial charge in [0.05, 0.1) is 18.2 Å². The molecule has 1 N–H and O–H groups in total. The number of nitrogens with zero attached hydrogens (tertiary/aromatic N) is 1. The van der Waals surface area contributed by atoms with Gasteiger partial charge in [0, 0.05) is 16.0 Å². The summed E-state index contributed by atoms with van der Waals surface area (Å²) < 4.78 is 41.6. The van der Waals surface area contributed by atoms with E-state index in [2.05, 4.69) is 0 Å². The number of benzene rings is 2. The molecule has 2 heterocycles. The maximum atomic E-state index is 14.6. The van der Waals surface area contributed by atoms with Crippen LogP contribution in [0.25, 0.3) is 5.76 Å². The molecule has 2 aromatic carbocycles. The van der Waals surface area contributed by atoms with Crippen LogP contribution in [-0.4, -0.2) is 21.7 Å². The van der Waals surface area contributed by atoms with E-state index >= 15 is 0 Å². The quantitative estimate of drug-likeness (QED) is 0.369. The molecule has 0 saturated carbocycles. The summed E-state index contributed by atoms with van der Waals surface area (Å²) in [6.07, 6.45) is 0. The minimum atomic E-state index is -1.23. The summed E-state index contributed by atoms with van der Waals surface area (Å²) in [6.45, 7) is 0.0236. The van der Waals surface area contributed by atoms with Gasteiger partial charge in [0.15, 0.2) is 11.6 Å². The zero-order chi connectivity index (χ0) is 21.4. The first-order valence-electron chi connectivity index (χ1n) is 8.89. The number of hydrogen-bond donors (Lipinski definition) is 1. The van der Waals surface area contributed by atoms with Crippen LogP contribution in [0.1, 0.15) is 22.0 Å². The van der Waals surface area contributed by atoms with Gasteiger partial charge < -0.3 is 10.0 Å². The number of aliphatic hydroxyl groups is 1. The number of halogens is 3. The van der Waals surface area contributed by atoms with E-state index in [0.29, 0.717) is 0 Å². The van der Waals surface area contributed by atoms with Crippen molar-refractivity contribution < 1.29 is 27.9 Å². The molecule has 1 unspecified atom stereocenters. The molecule has 4 nitrogen and oxygen atoms in total. The molecule has 1 atom stereocenters. The Morgan fingerprint density at radius 3 is 2.40 bits per heavy atom. The molecule has 3 aromatic rings. The zero-order valence-corrected chi connectivity index (χ0v) is 16.1. The van der Waals surface area contributed by atoms with Gasteiger partial charge in [-0.2, -0.15) is 0 Å². The number of amides is 1. The van der Waals surface area contributed by atoms with Crippen molar-refractivity contribution in [2.24, 2.45) is 0 Å². The topological polar surface area (TPSA) is 57.6 Å². The van der Waals surface area contributed by atoms with Gasteiger partial charge >= 0.3 is 0 Å². The zero-order valence-electron chi connectivity index (χ0n) is 15.3. The lowest BCUT2D eigenvalue weighted by molar-refractivity contribution is -0.140. The minimum Gasteiger partial charge on any atom is -0.507 e. The lowest BCUT2D eigenvalue weighted by atomic mass is 9.95. The maximum absolute atomic E-state index is 14.6. The number of carbonyl (C=O) groups is 2. The van der Waals surface area contributed by atoms with Gasteiger partial charge in [0.25, 0.3) is 11.7 Å². The van der Waals surface area contributed by atoms with Crippen LogP contribution in [0.5, 0.6) is 0 Å². The average Bonchev–Trinajstić information content (AvgIpc) is 3.32. The van der Waals surface area contributed by atoms with Crippen LogP contribution in [0.3, 0.4) is 0 Å². The molecule has 1 aliphatic heterocycles. The summed E-state index contributed by atoms with van der Waals surface area (Å²) in [5.41, 5.74) is -0.561. The van der Waals surface area contributed by atoms with E-state index in [1.165, 1.54) is 29.5 Å². The predicted molar refractivity (Wildman–Crippen MR) is 105 cm³/mol. The Balaban J connectivity index is 1.90. The molecule has 1 fully saturated rings. The molecule has 0 radical (unpaired) electrons. The first-order chi connectivity index (χ1) is 14.4. The molecule has 8 heteroatoms. The van der Waals surface area contributed by atoms with Crippen molar-refractivity contribution in [3.05, 3.63) is 99.0 Å². The van der Waals surface area contributed by atoms with Gasteiger partial charge in [-0.3, -0.25) is 9.59 Å².